The van der Waals surface area contributed by atoms with Gasteiger partial charge in [-0.1, -0.05) is 0 Å². The summed E-state index contributed by atoms with van der Waals surface area (Å²) in [5.74, 6) is 0.215. The quantitative estimate of drug-likeness (QED) is 0.815. The number of hydrogen-bond donors (Lipinski definition) is 2. The Morgan fingerprint density at radius 2 is 2.41 bits per heavy atom. The minimum Gasteiger partial charge on any atom is -0.378 e. The standard InChI is InChI=1S/C9H10Br2N4O2/c10-6-3-13-8(7(11)14-6)15-9(16)5-4-17-2-1-12-5/h3,5,12H,1-2,4H2,(H,13,15,16). The maximum Gasteiger partial charge on any atom is 0.245 e. The van der Waals surface area contributed by atoms with Gasteiger partial charge in [0.1, 0.15) is 15.2 Å². The van der Waals surface area contributed by atoms with E-state index >= 15 is 0 Å². The number of carbonyl (C=O) groups is 1. The third kappa shape index (κ3) is 3.44. The molecular weight excluding hydrogens is 356 g/mol. The Morgan fingerprint density at radius 3 is 3.06 bits per heavy atom. The molecule has 1 aromatic rings. The number of nitrogens with zero attached hydrogens (tertiary/aromatic N) is 2. The number of aromatic nitrogens is 2. The molecular formula is C9H10Br2N4O2. The van der Waals surface area contributed by atoms with E-state index in [9.17, 15) is 4.79 Å². The molecule has 0 aromatic carbocycles. The summed E-state index contributed by atoms with van der Waals surface area (Å²) in [5.41, 5.74) is 0. The molecule has 2 heterocycles. The molecule has 0 spiro atoms. The van der Waals surface area contributed by atoms with Crippen LogP contribution in [0.1, 0.15) is 0 Å². The number of nitrogens with one attached hydrogen (secondary N) is 2. The van der Waals surface area contributed by atoms with Gasteiger partial charge in [-0.05, 0) is 31.9 Å². The van der Waals surface area contributed by atoms with Crippen LogP contribution in [-0.4, -0.2) is 41.7 Å². The number of halogens is 2. The summed E-state index contributed by atoms with van der Waals surface area (Å²) in [6.45, 7) is 1.67. The van der Waals surface area contributed by atoms with Crippen molar-refractivity contribution in [2.24, 2.45) is 0 Å². The molecule has 92 valence electrons. The van der Waals surface area contributed by atoms with Gasteiger partial charge in [-0.15, -0.1) is 0 Å². The van der Waals surface area contributed by atoms with Gasteiger partial charge in [0, 0.05) is 6.54 Å². The first-order chi connectivity index (χ1) is 8.16. The summed E-state index contributed by atoms with van der Waals surface area (Å²) < 4.78 is 6.29. The Hall–Kier alpha value is -0.570. The highest BCUT2D eigenvalue weighted by atomic mass is 79.9. The van der Waals surface area contributed by atoms with Crippen LogP contribution in [0.15, 0.2) is 15.4 Å². The van der Waals surface area contributed by atoms with Gasteiger partial charge in [0.05, 0.1) is 19.4 Å². The van der Waals surface area contributed by atoms with E-state index in [2.05, 4.69) is 52.5 Å². The number of rotatable bonds is 2. The van der Waals surface area contributed by atoms with Crippen LogP contribution in [0.25, 0.3) is 0 Å². The molecule has 1 unspecified atom stereocenters. The van der Waals surface area contributed by atoms with Crippen molar-refractivity contribution in [3.05, 3.63) is 15.4 Å². The zero-order valence-corrected chi connectivity index (χ0v) is 11.9. The van der Waals surface area contributed by atoms with Gasteiger partial charge in [-0.25, -0.2) is 9.97 Å². The molecule has 1 aliphatic rings. The van der Waals surface area contributed by atoms with E-state index in [0.717, 1.165) is 0 Å². The summed E-state index contributed by atoms with van der Waals surface area (Å²) in [6.07, 6.45) is 1.52. The third-order valence-electron chi connectivity index (χ3n) is 2.18. The van der Waals surface area contributed by atoms with Crippen LogP contribution in [0.2, 0.25) is 0 Å². The fourth-order valence-corrected chi connectivity index (χ4v) is 2.28. The van der Waals surface area contributed by atoms with Crippen molar-refractivity contribution in [2.75, 3.05) is 25.1 Å². The molecule has 2 rings (SSSR count). The number of ether oxygens (including phenoxy) is 1. The fraction of sp³-hybridized carbons (Fsp3) is 0.444. The first-order valence-corrected chi connectivity index (χ1v) is 6.55. The molecule has 1 atom stereocenters. The molecule has 8 heteroatoms. The van der Waals surface area contributed by atoms with Crippen LogP contribution >= 0.6 is 31.9 Å². The number of carbonyl (C=O) groups excluding carboxylic acids is 1. The highest BCUT2D eigenvalue weighted by Crippen LogP contribution is 2.19. The number of anilines is 1. The molecule has 0 radical (unpaired) electrons. The summed E-state index contributed by atoms with van der Waals surface area (Å²) >= 11 is 6.42. The van der Waals surface area contributed by atoms with E-state index in [1.165, 1.54) is 6.20 Å². The molecule has 1 aliphatic heterocycles. The summed E-state index contributed by atoms with van der Waals surface area (Å²) in [4.78, 5) is 20.0. The Morgan fingerprint density at radius 1 is 1.59 bits per heavy atom. The molecule has 1 amide bonds. The Bertz CT molecular complexity index is 423. The van der Waals surface area contributed by atoms with Crippen molar-refractivity contribution in [1.29, 1.82) is 0 Å². The van der Waals surface area contributed by atoms with Crippen molar-refractivity contribution in [3.8, 4) is 0 Å². The minimum absolute atomic E-state index is 0.179. The molecule has 1 aromatic heterocycles. The summed E-state index contributed by atoms with van der Waals surface area (Å²) in [6, 6.07) is -0.346. The van der Waals surface area contributed by atoms with Crippen LogP contribution in [0.5, 0.6) is 0 Å². The average molecular weight is 366 g/mol. The maximum atomic E-state index is 11.9. The first-order valence-electron chi connectivity index (χ1n) is 4.97. The lowest BCUT2D eigenvalue weighted by Gasteiger charge is -2.22. The largest absolute Gasteiger partial charge is 0.378 e. The molecule has 1 saturated heterocycles. The Balaban J connectivity index is 2.02. The zero-order valence-electron chi connectivity index (χ0n) is 8.74. The highest BCUT2D eigenvalue weighted by Gasteiger charge is 2.22. The van der Waals surface area contributed by atoms with Gasteiger partial charge >= 0.3 is 0 Å². The summed E-state index contributed by atoms with van der Waals surface area (Å²) in [5, 5.41) is 5.74. The van der Waals surface area contributed by atoms with Crippen molar-refractivity contribution < 1.29 is 9.53 Å². The second-order valence-electron chi connectivity index (χ2n) is 3.40. The lowest BCUT2D eigenvalue weighted by atomic mass is 10.2. The van der Waals surface area contributed by atoms with Gasteiger partial charge < -0.3 is 15.4 Å². The minimum atomic E-state index is -0.346. The highest BCUT2D eigenvalue weighted by molar-refractivity contribution is 9.11. The predicted molar refractivity (Wildman–Crippen MR) is 68.7 cm³/mol. The monoisotopic (exact) mass is 364 g/mol. The molecule has 2 N–H and O–H groups in total. The predicted octanol–water partition coefficient (Wildman–Crippen LogP) is 0.928. The first kappa shape index (κ1) is 12.9. The molecule has 0 bridgehead atoms. The SMILES string of the molecule is O=C(Nc1ncc(Br)nc1Br)C1COCCN1. The zero-order chi connectivity index (χ0) is 12.3. The van der Waals surface area contributed by atoms with E-state index in [0.29, 0.717) is 34.8 Å². The van der Waals surface area contributed by atoms with E-state index in [1.807, 2.05) is 0 Å². The lowest BCUT2D eigenvalue weighted by Crippen LogP contribution is -2.49. The normalized spacial score (nSPS) is 20.0. The second kappa shape index (κ2) is 5.85. The van der Waals surface area contributed by atoms with E-state index < -0.39 is 0 Å². The molecule has 0 saturated carbocycles. The average Bonchev–Trinajstić information content (AvgIpc) is 2.34. The second-order valence-corrected chi connectivity index (χ2v) is 4.97. The van der Waals surface area contributed by atoms with Gasteiger partial charge in [-0.2, -0.15) is 0 Å². The van der Waals surface area contributed by atoms with Gasteiger partial charge in [0.2, 0.25) is 5.91 Å². The van der Waals surface area contributed by atoms with Crippen LogP contribution < -0.4 is 10.6 Å². The molecule has 0 aliphatic carbocycles. The van der Waals surface area contributed by atoms with E-state index in [4.69, 9.17) is 4.74 Å². The van der Waals surface area contributed by atoms with Crippen molar-refractivity contribution in [2.45, 2.75) is 6.04 Å². The topological polar surface area (TPSA) is 76.1 Å². The van der Waals surface area contributed by atoms with E-state index in [1.54, 1.807) is 0 Å². The van der Waals surface area contributed by atoms with Gasteiger partial charge in [0.25, 0.3) is 0 Å². The fourth-order valence-electron chi connectivity index (χ4n) is 1.37. The van der Waals surface area contributed by atoms with Crippen LogP contribution in [-0.2, 0) is 9.53 Å². The third-order valence-corrected chi connectivity index (χ3v) is 3.12. The van der Waals surface area contributed by atoms with Crippen LogP contribution in [0.4, 0.5) is 5.82 Å². The van der Waals surface area contributed by atoms with E-state index in [-0.39, 0.29) is 11.9 Å². The maximum absolute atomic E-state index is 11.9. The molecule has 6 nitrogen and oxygen atoms in total. The lowest BCUT2D eigenvalue weighted by molar-refractivity contribution is -0.120. The van der Waals surface area contributed by atoms with Crippen molar-refractivity contribution in [3.63, 3.8) is 0 Å². The number of amides is 1. The van der Waals surface area contributed by atoms with Gasteiger partial charge in [0.15, 0.2) is 5.82 Å². The van der Waals surface area contributed by atoms with Crippen LogP contribution in [0, 0.1) is 0 Å². The Labute approximate surface area is 115 Å². The van der Waals surface area contributed by atoms with Gasteiger partial charge in [-0.3, -0.25) is 4.79 Å². The smallest absolute Gasteiger partial charge is 0.245 e. The number of hydrogen-bond acceptors (Lipinski definition) is 5. The molecule has 1 fully saturated rings. The van der Waals surface area contributed by atoms with Crippen LogP contribution in [0.3, 0.4) is 0 Å². The van der Waals surface area contributed by atoms with Crippen molar-refractivity contribution in [1.82, 2.24) is 15.3 Å². The van der Waals surface area contributed by atoms with Crippen molar-refractivity contribution >= 4 is 43.6 Å². The molecule has 17 heavy (non-hydrogen) atoms. The Kier molecular flexibility index (Phi) is 4.43. The number of morpholine rings is 1. The summed E-state index contributed by atoms with van der Waals surface area (Å²) in [7, 11) is 0.